The standard InChI is InChI=1S/C14H16N2O3/c1-18-7-3-6-16-13(9-15)12-8-10(19-2)4-5-11(12)14(16)17/h4-5,8,13H,3,6-7H2,1-2H3. The molecule has 1 amide bonds. The number of benzene rings is 1. The van der Waals surface area contributed by atoms with Gasteiger partial charge in [-0.2, -0.15) is 5.26 Å². The van der Waals surface area contributed by atoms with Crippen LogP contribution in [0.5, 0.6) is 5.75 Å². The van der Waals surface area contributed by atoms with E-state index in [1.165, 1.54) is 0 Å². The molecule has 0 spiro atoms. The first kappa shape index (κ1) is 13.4. The Morgan fingerprint density at radius 1 is 1.42 bits per heavy atom. The molecule has 1 aromatic carbocycles. The number of carbonyl (C=O) groups excluding carboxylic acids is 1. The first-order valence-electron chi connectivity index (χ1n) is 6.10. The van der Waals surface area contributed by atoms with Crippen molar-refractivity contribution in [3.05, 3.63) is 29.3 Å². The lowest BCUT2D eigenvalue weighted by Crippen LogP contribution is -2.29. The van der Waals surface area contributed by atoms with Crippen molar-refractivity contribution in [1.29, 1.82) is 5.26 Å². The molecule has 1 atom stereocenters. The highest BCUT2D eigenvalue weighted by Gasteiger charge is 2.36. The van der Waals surface area contributed by atoms with Crippen molar-refractivity contribution < 1.29 is 14.3 Å². The zero-order valence-electron chi connectivity index (χ0n) is 11.0. The maximum atomic E-state index is 12.3. The number of nitriles is 1. The van der Waals surface area contributed by atoms with Gasteiger partial charge in [0.1, 0.15) is 11.8 Å². The van der Waals surface area contributed by atoms with Gasteiger partial charge in [-0.1, -0.05) is 0 Å². The van der Waals surface area contributed by atoms with E-state index in [2.05, 4.69) is 6.07 Å². The number of fused-ring (bicyclic) bond motifs is 1. The molecule has 0 saturated carbocycles. The molecule has 1 unspecified atom stereocenters. The van der Waals surface area contributed by atoms with Crippen molar-refractivity contribution in [3.8, 4) is 11.8 Å². The van der Waals surface area contributed by atoms with Crippen molar-refractivity contribution in [2.75, 3.05) is 27.4 Å². The third-order valence-electron chi connectivity index (χ3n) is 3.23. The van der Waals surface area contributed by atoms with Gasteiger partial charge < -0.3 is 14.4 Å². The fourth-order valence-electron chi connectivity index (χ4n) is 2.28. The van der Waals surface area contributed by atoms with E-state index in [0.29, 0.717) is 30.9 Å². The van der Waals surface area contributed by atoms with Crippen molar-refractivity contribution in [3.63, 3.8) is 0 Å². The topological polar surface area (TPSA) is 62.6 Å². The summed E-state index contributed by atoms with van der Waals surface area (Å²) in [6.45, 7) is 1.09. The predicted molar refractivity (Wildman–Crippen MR) is 68.9 cm³/mol. The molecule has 1 aliphatic heterocycles. The highest BCUT2D eigenvalue weighted by Crippen LogP contribution is 2.35. The van der Waals surface area contributed by atoms with Gasteiger partial charge >= 0.3 is 0 Å². The van der Waals surface area contributed by atoms with Crippen LogP contribution in [0.4, 0.5) is 0 Å². The van der Waals surface area contributed by atoms with E-state index >= 15 is 0 Å². The van der Waals surface area contributed by atoms with Crippen LogP contribution >= 0.6 is 0 Å². The van der Waals surface area contributed by atoms with Gasteiger partial charge in [0.05, 0.1) is 13.2 Å². The van der Waals surface area contributed by atoms with Crippen LogP contribution < -0.4 is 4.74 Å². The van der Waals surface area contributed by atoms with E-state index in [4.69, 9.17) is 9.47 Å². The van der Waals surface area contributed by atoms with Crippen LogP contribution in [0.25, 0.3) is 0 Å². The van der Waals surface area contributed by atoms with E-state index in [1.54, 1.807) is 37.3 Å². The second-order valence-electron chi connectivity index (χ2n) is 4.33. The van der Waals surface area contributed by atoms with E-state index < -0.39 is 6.04 Å². The lowest BCUT2D eigenvalue weighted by molar-refractivity contribution is 0.0737. The number of methoxy groups -OCH3 is 2. The fraction of sp³-hybridized carbons (Fsp3) is 0.429. The van der Waals surface area contributed by atoms with Crippen molar-refractivity contribution in [1.82, 2.24) is 4.90 Å². The summed E-state index contributed by atoms with van der Waals surface area (Å²) in [5, 5.41) is 9.31. The van der Waals surface area contributed by atoms with E-state index in [0.717, 1.165) is 5.56 Å². The molecule has 0 aliphatic carbocycles. The van der Waals surface area contributed by atoms with E-state index in [1.807, 2.05) is 0 Å². The number of amides is 1. The molecule has 5 heteroatoms. The third kappa shape index (κ3) is 2.40. The van der Waals surface area contributed by atoms with Crippen LogP contribution in [-0.4, -0.2) is 38.2 Å². The number of ether oxygens (including phenoxy) is 2. The van der Waals surface area contributed by atoms with Crippen LogP contribution in [0.1, 0.15) is 28.4 Å². The Labute approximate surface area is 112 Å². The minimum Gasteiger partial charge on any atom is -0.497 e. The molecule has 2 rings (SSSR count). The first-order valence-corrected chi connectivity index (χ1v) is 6.10. The number of hydrogen-bond donors (Lipinski definition) is 0. The van der Waals surface area contributed by atoms with Gasteiger partial charge in [-0.25, -0.2) is 0 Å². The Morgan fingerprint density at radius 2 is 2.21 bits per heavy atom. The van der Waals surface area contributed by atoms with Gasteiger partial charge in [-0.3, -0.25) is 4.79 Å². The molecule has 0 radical (unpaired) electrons. The molecule has 0 saturated heterocycles. The summed E-state index contributed by atoms with van der Waals surface area (Å²) in [5.74, 6) is 0.561. The lowest BCUT2D eigenvalue weighted by Gasteiger charge is -2.19. The molecule has 0 fully saturated rings. The van der Waals surface area contributed by atoms with Crippen LogP contribution in [0.3, 0.4) is 0 Å². The van der Waals surface area contributed by atoms with Crippen LogP contribution in [-0.2, 0) is 4.74 Å². The Morgan fingerprint density at radius 3 is 2.84 bits per heavy atom. The normalized spacial score (nSPS) is 17.2. The summed E-state index contributed by atoms with van der Waals surface area (Å²) < 4.78 is 10.1. The van der Waals surface area contributed by atoms with Crippen LogP contribution in [0.2, 0.25) is 0 Å². The molecule has 0 aromatic heterocycles. The van der Waals surface area contributed by atoms with E-state index in [-0.39, 0.29) is 5.91 Å². The van der Waals surface area contributed by atoms with Gasteiger partial charge in [-0.05, 0) is 24.6 Å². The van der Waals surface area contributed by atoms with Crippen molar-refractivity contribution in [2.24, 2.45) is 0 Å². The first-order chi connectivity index (χ1) is 9.22. The van der Waals surface area contributed by atoms with Gasteiger partial charge in [0.15, 0.2) is 0 Å². The average molecular weight is 260 g/mol. The Hall–Kier alpha value is -2.06. The van der Waals surface area contributed by atoms with Crippen molar-refractivity contribution in [2.45, 2.75) is 12.5 Å². The highest BCUT2D eigenvalue weighted by molar-refractivity contribution is 5.99. The maximum Gasteiger partial charge on any atom is 0.255 e. The van der Waals surface area contributed by atoms with Gasteiger partial charge in [-0.15, -0.1) is 0 Å². The van der Waals surface area contributed by atoms with Gasteiger partial charge in [0.25, 0.3) is 5.91 Å². The monoisotopic (exact) mass is 260 g/mol. The smallest absolute Gasteiger partial charge is 0.255 e. The Kier molecular flexibility index (Phi) is 4.03. The minimum atomic E-state index is -0.533. The zero-order chi connectivity index (χ0) is 13.8. The molecule has 1 aliphatic rings. The maximum absolute atomic E-state index is 12.3. The predicted octanol–water partition coefficient (Wildman–Crippen LogP) is 1.75. The summed E-state index contributed by atoms with van der Waals surface area (Å²) >= 11 is 0. The number of nitrogens with zero attached hydrogens (tertiary/aromatic N) is 2. The number of rotatable bonds is 5. The van der Waals surface area contributed by atoms with Gasteiger partial charge in [0, 0.05) is 31.4 Å². The second kappa shape index (κ2) is 5.72. The average Bonchev–Trinajstić information content (AvgIpc) is 2.71. The molecule has 1 heterocycles. The third-order valence-corrected chi connectivity index (χ3v) is 3.23. The van der Waals surface area contributed by atoms with Crippen molar-refractivity contribution >= 4 is 5.91 Å². The van der Waals surface area contributed by atoms with Gasteiger partial charge in [0.2, 0.25) is 0 Å². The molecule has 0 N–H and O–H groups in total. The lowest BCUT2D eigenvalue weighted by atomic mass is 10.1. The van der Waals surface area contributed by atoms with Crippen LogP contribution in [0.15, 0.2) is 18.2 Å². The number of hydrogen-bond acceptors (Lipinski definition) is 4. The summed E-state index contributed by atoms with van der Waals surface area (Å²) in [5.41, 5.74) is 1.31. The summed E-state index contributed by atoms with van der Waals surface area (Å²) in [6.07, 6.45) is 0.714. The zero-order valence-corrected chi connectivity index (χ0v) is 11.0. The Balaban J connectivity index is 2.27. The van der Waals surface area contributed by atoms with Crippen LogP contribution in [0, 0.1) is 11.3 Å². The SMILES string of the molecule is COCCCN1C(=O)c2ccc(OC)cc2C1C#N. The molecule has 100 valence electrons. The largest absolute Gasteiger partial charge is 0.497 e. The highest BCUT2D eigenvalue weighted by atomic mass is 16.5. The quantitative estimate of drug-likeness (QED) is 0.757. The molecular formula is C14H16N2O3. The second-order valence-corrected chi connectivity index (χ2v) is 4.33. The van der Waals surface area contributed by atoms with E-state index in [9.17, 15) is 10.1 Å². The number of carbonyl (C=O) groups is 1. The molecule has 1 aromatic rings. The summed E-state index contributed by atoms with van der Waals surface area (Å²) in [7, 11) is 3.18. The fourth-order valence-corrected chi connectivity index (χ4v) is 2.28. The molecule has 5 nitrogen and oxygen atoms in total. The molecular weight excluding hydrogens is 244 g/mol. The Bertz CT molecular complexity index is 522. The minimum absolute atomic E-state index is 0.0969. The summed E-state index contributed by atoms with van der Waals surface area (Å²) in [6, 6.07) is 6.88. The summed E-state index contributed by atoms with van der Waals surface area (Å²) in [4.78, 5) is 13.8. The molecule has 19 heavy (non-hydrogen) atoms. The molecule has 0 bridgehead atoms.